The molecule has 1 aromatic carbocycles. The molecule has 0 unspecified atom stereocenters. The molecule has 0 bridgehead atoms. The third-order valence-electron chi connectivity index (χ3n) is 3.51. The van der Waals surface area contributed by atoms with Gasteiger partial charge in [0.2, 0.25) is 0 Å². The molecule has 114 valence electrons. The molecule has 0 aliphatic carbocycles. The van der Waals surface area contributed by atoms with Crippen molar-refractivity contribution in [3.05, 3.63) is 29.8 Å². The van der Waals surface area contributed by atoms with Gasteiger partial charge in [0, 0.05) is 18.8 Å². The molecule has 3 N–H and O–H groups in total. The van der Waals surface area contributed by atoms with E-state index in [0.29, 0.717) is 17.8 Å². The van der Waals surface area contributed by atoms with Crippen molar-refractivity contribution < 1.29 is 14.7 Å². The Morgan fingerprint density at radius 3 is 2.62 bits per heavy atom. The number of hydrogen-bond acceptors (Lipinski definition) is 4. The van der Waals surface area contributed by atoms with Crippen molar-refractivity contribution in [3.63, 3.8) is 0 Å². The van der Waals surface area contributed by atoms with Crippen molar-refractivity contribution in [2.24, 2.45) is 0 Å². The van der Waals surface area contributed by atoms with E-state index in [1.807, 2.05) is 0 Å². The zero-order valence-corrected chi connectivity index (χ0v) is 12.0. The Balaban J connectivity index is 1.87. The Morgan fingerprint density at radius 2 is 1.90 bits per heavy atom. The molecule has 1 aliphatic rings. The molecule has 1 heterocycles. The van der Waals surface area contributed by atoms with Crippen LogP contribution in [0.4, 0.5) is 5.69 Å². The molecule has 1 fully saturated rings. The average Bonchev–Trinajstić information content (AvgIpc) is 2.98. The summed E-state index contributed by atoms with van der Waals surface area (Å²) in [5.41, 5.74) is 1.01. The molecule has 0 radical (unpaired) electrons. The van der Waals surface area contributed by atoms with Crippen LogP contribution in [0.3, 0.4) is 0 Å². The summed E-state index contributed by atoms with van der Waals surface area (Å²) >= 11 is 0. The predicted octanol–water partition coefficient (Wildman–Crippen LogP) is 1.01. The largest absolute Gasteiger partial charge is 0.480 e. The molecular weight excluding hydrogens is 270 g/mol. The Labute approximate surface area is 124 Å². The van der Waals surface area contributed by atoms with E-state index in [9.17, 15) is 9.59 Å². The first-order valence-corrected chi connectivity index (χ1v) is 7.22. The fourth-order valence-electron chi connectivity index (χ4n) is 2.44. The maximum absolute atomic E-state index is 12.2. The predicted molar refractivity (Wildman–Crippen MR) is 80.6 cm³/mol. The van der Waals surface area contributed by atoms with E-state index in [2.05, 4.69) is 15.5 Å². The molecule has 1 saturated heterocycles. The van der Waals surface area contributed by atoms with Crippen LogP contribution in [0.15, 0.2) is 24.3 Å². The lowest BCUT2D eigenvalue weighted by molar-refractivity contribution is -0.134. The highest BCUT2D eigenvalue weighted by molar-refractivity contribution is 5.99. The first kappa shape index (κ1) is 15.3. The maximum atomic E-state index is 12.2. The summed E-state index contributed by atoms with van der Waals surface area (Å²) in [5, 5.41) is 14.3. The number of hydrogen-bond donors (Lipinski definition) is 3. The molecule has 0 saturated carbocycles. The van der Waals surface area contributed by atoms with E-state index >= 15 is 0 Å². The Hall–Kier alpha value is -2.08. The van der Waals surface area contributed by atoms with E-state index in [1.54, 1.807) is 24.3 Å². The van der Waals surface area contributed by atoms with E-state index in [0.717, 1.165) is 19.6 Å². The van der Waals surface area contributed by atoms with Gasteiger partial charge in [0.25, 0.3) is 5.91 Å². The van der Waals surface area contributed by atoms with Crippen molar-refractivity contribution in [3.8, 4) is 0 Å². The lowest BCUT2D eigenvalue weighted by Gasteiger charge is -2.15. The zero-order valence-electron chi connectivity index (χ0n) is 12.0. The maximum Gasteiger partial charge on any atom is 0.322 e. The van der Waals surface area contributed by atoms with E-state index in [1.165, 1.54) is 12.8 Å². The molecule has 6 nitrogen and oxygen atoms in total. The molecular formula is C15H21N3O3. The van der Waals surface area contributed by atoms with Crippen molar-refractivity contribution in [1.82, 2.24) is 10.2 Å². The standard InChI is InChI=1S/C15H21N3O3/c19-14(20)11-17-13-6-2-1-5-12(13)15(21)16-7-10-18-8-3-4-9-18/h1-2,5-6,17H,3-4,7-11H2,(H,16,21)(H,19,20). The first-order valence-electron chi connectivity index (χ1n) is 7.22. The number of benzene rings is 1. The van der Waals surface area contributed by atoms with Gasteiger partial charge in [-0.3, -0.25) is 9.59 Å². The minimum absolute atomic E-state index is 0.178. The Bertz CT molecular complexity index is 499. The highest BCUT2D eigenvalue weighted by Crippen LogP contribution is 2.14. The Morgan fingerprint density at radius 1 is 1.19 bits per heavy atom. The minimum atomic E-state index is -0.959. The molecule has 0 aromatic heterocycles. The molecule has 0 atom stereocenters. The second-order valence-electron chi connectivity index (χ2n) is 5.10. The molecule has 0 spiro atoms. The molecule has 1 aliphatic heterocycles. The van der Waals surface area contributed by atoms with Crippen LogP contribution in [-0.2, 0) is 4.79 Å². The number of aliphatic carboxylic acids is 1. The van der Waals surface area contributed by atoms with Gasteiger partial charge in [0.05, 0.1) is 5.56 Å². The summed E-state index contributed by atoms with van der Waals surface area (Å²) < 4.78 is 0. The van der Waals surface area contributed by atoms with Gasteiger partial charge in [-0.05, 0) is 38.1 Å². The smallest absolute Gasteiger partial charge is 0.322 e. The summed E-state index contributed by atoms with van der Waals surface area (Å²) in [7, 11) is 0. The quantitative estimate of drug-likeness (QED) is 0.698. The fourth-order valence-corrected chi connectivity index (χ4v) is 2.44. The van der Waals surface area contributed by atoms with Crippen LogP contribution in [0.5, 0.6) is 0 Å². The summed E-state index contributed by atoms with van der Waals surface area (Å²) in [6.07, 6.45) is 2.46. The van der Waals surface area contributed by atoms with Crippen molar-refractivity contribution in [2.75, 3.05) is 38.0 Å². The van der Waals surface area contributed by atoms with Gasteiger partial charge >= 0.3 is 5.97 Å². The SMILES string of the molecule is O=C(O)CNc1ccccc1C(=O)NCCN1CCCC1. The van der Waals surface area contributed by atoms with Crippen LogP contribution < -0.4 is 10.6 Å². The topological polar surface area (TPSA) is 81.7 Å². The van der Waals surface area contributed by atoms with Crippen molar-refractivity contribution in [2.45, 2.75) is 12.8 Å². The summed E-state index contributed by atoms with van der Waals surface area (Å²) in [4.78, 5) is 25.1. The summed E-state index contributed by atoms with van der Waals surface area (Å²) in [6.45, 7) is 3.46. The van der Waals surface area contributed by atoms with Gasteiger partial charge in [0.15, 0.2) is 0 Å². The van der Waals surface area contributed by atoms with Gasteiger partial charge in [-0.2, -0.15) is 0 Å². The number of carboxylic acid groups (broad SMARTS) is 1. The number of anilines is 1. The molecule has 1 aromatic rings. The Kier molecular flexibility index (Phi) is 5.57. The van der Waals surface area contributed by atoms with Gasteiger partial charge in [-0.25, -0.2) is 0 Å². The highest BCUT2D eigenvalue weighted by atomic mass is 16.4. The van der Waals surface area contributed by atoms with Crippen molar-refractivity contribution in [1.29, 1.82) is 0 Å². The number of para-hydroxylation sites is 1. The molecule has 2 rings (SSSR count). The molecule has 6 heteroatoms. The summed E-state index contributed by atoms with van der Waals surface area (Å²) in [6, 6.07) is 6.93. The van der Waals surface area contributed by atoms with Gasteiger partial charge in [0.1, 0.15) is 6.54 Å². The molecule has 21 heavy (non-hydrogen) atoms. The second-order valence-corrected chi connectivity index (χ2v) is 5.10. The number of amides is 1. The number of nitrogens with zero attached hydrogens (tertiary/aromatic N) is 1. The number of carbonyl (C=O) groups excluding carboxylic acids is 1. The first-order chi connectivity index (χ1) is 10.2. The van der Waals surface area contributed by atoms with Crippen molar-refractivity contribution >= 4 is 17.6 Å². The normalized spacial score (nSPS) is 14.9. The van der Waals surface area contributed by atoms with Gasteiger partial charge in [-0.1, -0.05) is 12.1 Å². The molecule has 1 amide bonds. The third kappa shape index (κ3) is 4.75. The second kappa shape index (κ2) is 7.64. The monoisotopic (exact) mass is 291 g/mol. The van der Waals surface area contributed by atoms with Crippen LogP contribution in [0.1, 0.15) is 23.2 Å². The number of carbonyl (C=O) groups is 2. The van der Waals surface area contributed by atoms with Crippen LogP contribution in [0.2, 0.25) is 0 Å². The van der Waals surface area contributed by atoms with Crippen LogP contribution in [0, 0.1) is 0 Å². The van der Waals surface area contributed by atoms with Gasteiger partial charge < -0.3 is 20.6 Å². The number of nitrogens with one attached hydrogen (secondary N) is 2. The fraction of sp³-hybridized carbons (Fsp3) is 0.467. The van der Waals surface area contributed by atoms with Crippen LogP contribution >= 0.6 is 0 Å². The minimum Gasteiger partial charge on any atom is -0.480 e. The number of rotatable bonds is 7. The highest BCUT2D eigenvalue weighted by Gasteiger charge is 2.13. The number of carboxylic acids is 1. The third-order valence-corrected chi connectivity index (χ3v) is 3.51. The van der Waals surface area contributed by atoms with E-state index in [4.69, 9.17) is 5.11 Å². The number of likely N-dealkylation sites (tertiary alicyclic amines) is 1. The van der Waals surface area contributed by atoms with Crippen LogP contribution in [-0.4, -0.2) is 54.6 Å². The lowest BCUT2D eigenvalue weighted by Crippen LogP contribution is -2.33. The van der Waals surface area contributed by atoms with Crippen LogP contribution in [0.25, 0.3) is 0 Å². The van der Waals surface area contributed by atoms with E-state index in [-0.39, 0.29) is 12.5 Å². The zero-order chi connectivity index (χ0) is 15.1. The van der Waals surface area contributed by atoms with E-state index < -0.39 is 5.97 Å². The average molecular weight is 291 g/mol. The summed E-state index contributed by atoms with van der Waals surface area (Å²) in [5.74, 6) is -1.14. The van der Waals surface area contributed by atoms with Gasteiger partial charge in [-0.15, -0.1) is 0 Å². The lowest BCUT2D eigenvalue weighted by atomic mass is 10.1.